The zero-order valence-electron chi connectivity index (χ0n) is 9.99. The van der Waals surface area contributed by atoms with E-state index in [2.05, 4.69) is 12.0 Å². The molecule has 90 valence electrons. The Bertz CT molecular complexity index is 342. The van der Waals surface area contributed by atoms with Gasteiger partial charge in [0.25, 0.3) is 0 Å². The van der Waals surface area contributed by atoms with Gasteiger partial charge in [-0.1, -0.05) is 31.4 Å². The van der Waals surface area contributed by atoms with Gasteiger partial charge in [-0.15, -0.1) is 0 Å². The molecule has 0 aromatic carbocycles. The molecule has 3 unspecified atom stereocenters. The van der Waals surface area contributed by atoms with Crippen molar-refractivity contribution in [3.8, 4) is 0 Å². The maximum Gasteiger partial charge on any atom is 0.0834 e. The highest BCUT2D eigenvalue weighted by atomic mass is 35.5. The highest BCUT2D eigenvalue weighted by molar-refractivity contribution is 6.31. The molecule has 0 bridgehead atoms. The van der Waals surface area contributed by atoms with E-state index in [9.17, 15) is 0 Å². The summed E-state index contributed by atoms with van der Waals surface area (Å²) in [5, 5.41) is 4.86. The van der Waals surface area contributed by atoms with Gasteiger partial charge in [-0.2, -0.15) is 5.10 Å². The molecule has 16 heavy (non-hydrogen) atoms. The van der Waals surface area contributed by atoms with Crippen molar-refractivity contribution in [2.45, 2.75) is 38.6 Å². The van der Waals surface area contributed by atoms with Crippen LogP contribution in [0.1, 0.15) is 44.3 Å². The molecule has 1 aromatic rings. The van der Waals surface area contributed by atoms with Crippen LogP contribution in [0.3, 0.4) is 0 Å². The third-order valence-corrected chi connectivity index (χ3v) is 4.21. The van der Waals surface area contributed by atoms with Gasteiger partial charge in [-0.05, 0) is 24.7 Å². The summed E-state index contributed by atoms with van der Waals surface area (Å²) >= 11 is 6.13. The topological polar surface area (TPSA) is 43.8 Å². The van der Waals surface area contributed by atoms with Crippen molar-refractivity contribution >= 4 is 11.6 Å². The second kappa shape index (κ2) is 4.76. The van der Waals surface area contributed by atoms with Gasteiger partial charge in [-0.25, -0.2) is 0 Å². The third-order valence-electron chi connectivity index (χ3n) is 3.92. The minimum Gasteiger partial charge on any atom is -0.322 e. The molecule has 0 radical (unpaired) electrons. The van der Waals surface area contributed by atoms with E-state index in [0.29, 0.717) is 10.9 Å². The van der Waals surface area contributed by atoms with E-state index in [0.717, 1.165) is 11.6 Å². The Kier molecular flexibility index (Phi) is 3.55. The van der Waals surface area contributed by atoms with Crippen LogP contribution in [0.15, 0.2) is 6.20 Å². The molecule has 4 heteroatoms. The van der Waals surface area contributed by atoms with Crippen molar-refractivity contribution in [2.24, 2.45) is 24.6 Å². The maximum atomic E-state index is 6.32. The van der Waals surface area contributed by atoms with Crippen molar-refractivity contribution < 1.29 is 0 Å². The first-order chi connectivity index (χ1) is 7.63. The molecule has 1 aliphatic rings. The van der Waals surface area contributed by atoms with E-state index >= 15 is 0 Å². The van der Waals surface area contributed by atoms with Gasteiger partial charge >= 0.3 is 0 Å². The summed E-state index contributed by atoms with van der Waals surface area (Å²) in [5.41, 5.74) is 7.31. The normalized spacial score (nSPS) is 27.2. The fourth-order valence-electron chi connectivity index (χ4n) is 2.83. The van der Waals surface area contributed by atoms with Crippen molar-refractivity contribution in [1.29, 1.82) is 0 Å². The second-order valence-electron chi connectivity index (χ2n) is 4.87. The summed E-state index contributed by atoms with van der Waals surface area (Å²) in [5.74, 6) is 1.42. The monoisotopic (exact) mass is 241 g/mol. The van der Waals surface area contributed by atoms with E-state index in [1.54, 1.807) is 6.20 Å². The minimum absolute atomic E-state index is 0.0385. The predicted octanol–water partition coefficient (Wildman–Crippen LogP) is 2.90. The Morgan fingerprint density at radius 1 is 1.62 bits per heavy atom. The van der Waals surface area contributed by atoms with Gasteiger partial charge in [0.1, 0.15) is 0 Å². The van der Waals surface area contributed by atoms with E-state index in [-0.39, 0.29) is 6.04 Å². The first kappa shape index (κ1) is 11.9. The number of halogens is 1. The van der Waals surface area contributed by atoms with Gasteiger partial charge in [0, 0.05) is 7.05 Å². The lowest BCUT2D eigenvalue weighted by atomic mass is 9.94. The van der Waals surface area contributed by atoms with Crippen LogP contribution in [0.2, 0.25) is 5.02 Å². The first-order valence-electron chi connectivity index (χ1n) is 6.06. The van der Waals surface area contributed by atoms with Crippen molar-refractivity contribution in [3.05, 3.63) is 16.9 Å². The second-order valence-corrected chi connectivity index (χ2v) is 5.28. The Morgan fingerprint density at radius 2 is 2.38 bits per heavy atom. The van der Waals surface area contributed by atoms with Crippen LogP contribution in [-0.4, -0.2) is 9.78 Å². The molecular weight excluding hydrogens is 222 g/mol. The fraction of sp³-hybridized carbons (Fsp3) is 0.750. The average molecular weight is 242 g/mol. The van der Waals surface area contributed by atoms with Gasteiger partial charge in [0.2, 0.25) is 0 Å². The molecule has 3 atom stereocenters. The standard InChI is InChI=1S/C12H20ClN3/c1-3-8-4-5-9(6-8)11(14)12-10(13)7-15-16(12)2/h7-9,11H,3-6,14H2,1-2H3. The largest absolute Gasteiger partial charge is 0.322 e. The number of aryl methyl sites for hydroxylation is 1. The molecule has 0 aliphatic heterocycles. The average Bonchev–Trinajstić information content (AvgIpc) is 2.85. The SMILES string of the molecule is CCC1CCC(C(N)c2c(Cl)cnn2C)C1. The minimum atomic E-state index is 0.0385. The van der Waals surface area contributed by atoms with Gasteiger partial charge in [-0.3, -0.25) is 4.68 Å². The van der Waals surface area contributed by atoms with E-state index in [1.807, 2.05) is 11.7 Å². The Morgan fingerprint density at radius 3 is 2.88 bits per heavy atom. The number of hydrogen-bond acceptors (Lipinski definition) is 2. The van der Waals surface area contributed by atoms with Crippen LogP contribution >= 0.6 is 11.6 Å². The third kappa shape index (κ3) is 2.11. The summed E-state index contributed by atoms with van der Waals surface area (Å²) in [7, 11) is 1.91. The van der Waals surface area contributed by atoms with Crippen molar-refractivity contribution in [1.82, 2.24) is 9.78 Å². The summed E-state index contributed by atoms with van der Waals surface area (Å²) in [6, 6.07) is 0.0385. The van der Waals surface area contributed by atoms with Crippen molar-refractivity contribution in [3.63, 3.8) is 0 Å². The van der Waals surface area contributed by atoms with E-state index in [1.165, 1.54) is 25.7 Å². The van der Waals surface area contributed by atoms with Crippen LogP contribution in [0, 0.1) is 11.8 Å². The summed E-state index contributed by atoms with van der Waals surface area (Å²) in [6.07, 6.45) is 6.72. The zero-order valence-corrected chi connectivity index (χ0v) is 10.7. The summed E-state index contributed by atoms with van der Waals surface area (Å²) in [4.78, 5) is 0. The number of nitrogens with zero attached hydrogens (tertiary/aromatic N) is 2. The molecule has 1 fully saturated rings. The maximum absolute atomic E-state index is 6.32. The van der Waals surface area contributed by atoms with Gasteiger partial charge < -0.3 is 5.73 Å². The Labute approximate surface area is 102 Å². The van der Waals surface area contributed by atoms with Crippen LogP contribution < -0.4 is 5.73 Å². The van der Waals surface area contributed by atoms with Gasteiger partial charge in [0.15, 0.2) is 0 Å². The molecule has 2 rings (SSSR count). The highest BCUT2D eigenvalue weighted by Gasteiger charge is 2.31. The summed E-state index contributed by atoms with van der Waals surface area (Å²) in [6.45, 7) is 2.26. The molecule has 0 saturated heterocycles. The molecule has 2 N–H and O–H groups in total. The molecule has 3 nitrogen and oxygen atoms in total. The number of nitrogens with two attached hydrogens (primary N) is 1. The van der Waals surface area contributed by atoms with Crippen LogP contribution in [0.4, 0.5) is 0 Å². The van der Waals surface area contributed by atoms with E-state index in [4.69, 9.17) is 17.3 Å². The van der Waals surface area contributed by atoms with Crippen LogP contribution in [-0.2, 0) is 7.05 Å². The first-order valence-corrected chi connectivity index (χ1v) is 6.44. The number of hydrogen-bond donors (Lipinski definition) is 1. The Hall–Kier alpha value is -0.540. The molecule has 1 aliphatic carbocycles. The molecule has 1 aromatic heterocycles. The summed E-state index contributed by atoms with van der Waals surface area (Å²) < 4.78 is 1.81. The lowest BCUT2D eigenvalue weighted by molar-refractivity contribution is 0.400. The number of rotatable bonds is 3. The molecule has 0 spiro atoms. The lowest BCUT2D eigenvalue weighted by Crippen LogP contribution is -2.22. The lowest BCUT2D eigenvalue weighted by Gasteiger charge is -2.20. The van der Waals surface area contributed by atoms with Gasteiger partial charge in [0.05, 0.1) is 23.0 Å². The van der Waals surface area contributed by atoms with Crippen LogP contribution in [0.25, 0.3) is 0 Å². The van der Waals surface area contributed by atoms with Crippen LogP contribution in [0.5, 0.6) is 0 Å². The molecular formula is C12H20ClN3. The van der Waals surface area contributed by atoms with Crippen molar-refractivity contribution in [2.75, 3.05) is 0 Å². The highest BCUT2D eigenvalue weighted by Crippen LogP contribution is 2.40. The van der Waals surface area contributed by atoms with E-state index < -0.39 is 0 Å². The number of aromatic nitrogens is 2. The molecule has 1 heterocycles. The Balaban J connectivity index is 2.11. The quantitative estimate of drug-likeness (QED) is 0.885. The zero-order chi connectivity index (χ0) is 11.7. The fourth-order valence-corrected chi connectivity index (χ4v) is 3.12. The molecule has 1 saturated carbocycles. The predicted molar refractivity (Wildman–Crippen MR) is 66.3 cm³/mol. The molecule has 0 amide bonds. The smallest absolute Gasteiger partial charge is 0.0834 e.